The summed E-state index contributed by atoms with van der Waals surface area (Å²) < 4.78 is 0.532. The molecule has 12 heavy (non-hydrogen) atoms. The van der Waals surface area contributed by atoms with Crippen LogP contribution >= 0.6 is 0 Å². The monoisotopic (exact) mass is 160 g/mol. The van der Waals surface area contributed by atoms with Crippen LogP contribution in [0.4, 0.5) is 0 Å². The number of hydrogen-bond donors (Lipinski definition) is 1. The molecule has 0 aliphatic heterocycles. The smallest absolute Gasteiger partial charge is 0.336 e. The molecule has 1 aromatic heterocycles. The van der Waals surface area contributed by atoms with Gasteiger partial charge in [0.25, 0.3) is 0 Å². The van der Waals surface area contributed by atoms with E-state index in [9.17, 15) is 5.21 Å². The molecule has 3 nitrogen and oxygen atoms in total. The number of benzene rings is 1. The molecule has 1 aromatic carbocycles. The van der Waals surface area contributed by atoms with Gasteiger partial charge in [-0.05, 0) is 6.07 Å². The highest BCUT2D eigenvalue weighted by Crippen LogP contribution is 2.13. The van der Waals surface area contributed by atoms with Crippen molar-refractivity contribution >= 4 is 10.9 Å². The van der Waals surface area contributed by atoms with Gasteiger partial charge < -0.3 is 10.3 Å². The maximum Gasteiger partial charge on any atom is 0.336 e. The summed E-state index contributed by atoms with van der Waals surface area (Å²) in [6.07, 6.45) is 2.23. The lowest BCUT2D eigenvalue weighted by Crippen LogP contribution is -2.26. The molecule has 0 aliphatic carbocycles. The van der Waals surface area contributed by atoms with Gasteiger partial charge in [0, 0.05) is 12.1 Å². The number of rotatable bonds is 0. The van der Waals surface area contributed by atoms with Crippen molar-refractivity contribution in [2.75, 3.05) is 0 Å². The van der Waals surface area contributed by atoms with Gasteiger partial charge in [0.15, 0.2) is 5.75 Å². The van der Waals surface area contributed by atoms with Crippen LogP contribution in [0.25, 0.3) is 10.9 Å². The van der Waals surface area contributed by atoms with Crippen LogP contribution in [0.5, 0.6) is 5.75 Å². The predicted octanol–water partition coefficient (Wildman–Crippen LogP) is 0.979. The average Bonchev–Trinajstić information content (AvgIpc) is 2.04. The summed E-state index contributed by atoms with van der Waals surface area (Å²) in [4.78, 5) is 0. The normalized spacial score (nSPS) is 10.3. The largest absolute Gasteiger partial charge is 0.618 e. The Labute approximate surface area is 69.1 Å². The first-order valence-electron chi connectivity index (χ1n) is 3.51. The first-order valence-corrected chi connectivity index (χ1v) is 3.51. The highest BCUT2D eigenvalue weighted by molar-refractivity contribution is 5.76. The molecule has 59 valence electrons. The molecule has 0 unspecified atom stereocenters. The number of aromatic hydroxyl groups is 1. The van der Waals surface area contributed by atoms with E-state index in [1.54, 1.807) is 18.2 Å². The number of para-hydroxylation sites is 1. The van der Waals surface area contributed by atoms with Crippen LogP contribution in [0.2, 0.25) is 0 Å². The van der Waals surface area contributed by atoms with Gasteiger partial charge in [-0.15, -0.1) is 0 Å². The Morgan fingerprint density at radius 3 is 2.92 bits per heavy atom. The van der Waals surface area contributed by atoms with Crippen molar-refractivity contribution in [1.29, 1.82) is 0 Å². The number of nitrogens with zero attached hydrogens (tertiary/aromatic N) is 1. The first-order chi connectivity index (χ1) is 5.77. The minimum atomic E-state index is -0.135. The SMILES string of the molecule is [O-][n+]1[c]c(O)cc2ccccc21. The zero-order valence-corrected chi connectivity index (χ0v) is 6.19. The van der Waals surface area contributed by atoms with Crippen LogP contribution in [0.3, 0.4) is 0 Å². The van der Waals surface area contributed by atoms with Crippen molar-refractivity contribution in [3.05, 3.63) is 41.7 Å². The van der Waals surface area contributed by atoms with Gasteiger partial charge in [-0.3, -0.25) is 0 Å². The number of hydrogen-bond acceptors (Lipinski definition) is 2. The van der Waals surface area contributed by atoms with Crippen molar-refractivity contribution in [2.45, 2.75) is 0 Å². The van der Waals surface area contributed by atoms with Crippen molar-refractivity contribution in [2.24, 2.45) is 0 Å². The Morgan fingerprint density at radius 1 is 1.33 bits per heavy atom. The average molecular weight is 160 g/mol. The third-order valence-electron chi connectivity index (χ3n) is 1.66. The topological polar surface area (TPSA) is 47.2 Å². The zero-order valence-electron chi connectivity index (χ0n) is 6.19. The fourth-order valence-corrected chi connectivity index (χ4v) is 1.14. The van der Waals surface area contributed by atoms with Crippen molar-refractivity contribution in [3.8, 4) is 5.75 Å². The van der Waals surface area contributed by atoms with E-state index in [2.05, 4.69) is 6.20 Å². The molecule has 0 atom stereocenters. The molecule has 1 N–H and O–H groups in total. The highest BCUT2D eigenvalue weighted by Gasteiger charge is 2.05. The number of pyridine rings is 1. The summed E-state index contributed by atoms with van der Waals surface area (Å²) >= 11 is 0. The summed E-state index contributed by atoms with van der Waals surface area (Å²) in [6, 6.07) is 8.52. The minimum Gasteiger partial charge on any atom is -0.618 e. The summed E-state index contributed by atoms with van der Waals surface area (Å²) in [5.41, 5.74) is 0.510. The van der Waals surface area contributed by atoms with Crippen LogP contribution < -0.4 is 4.73 Å². The molecule has 0 aliphatic rings. The maximum absolute atomic E-state index is 11.1. The lowest BCUT2D eigenvalue weighted by molar-refractivity contribution is -0.582. The Morgan fingerprint density at radius 2 is 2.08 bits per heavy atom. The zero-order chi connectivity index (χ0) is 8.55. The fraction of sp³-hybridized carbons (Fsp3) is 0. The molecular weight excluding hydrogens is 154 g/mol. The van der Waals surface area contributed by atoms with E-state index < -0.39 is 0 Å². The molecule has 1 radical (unpaired) electrons. The summed E-state index contributed by atoms with van der Waals surface area (Å²) in [5.74, 6) is -0.135. The molecule has 0 amide bonds. The predicted molar refractivity (Wildman–Crippen MR) is 43.4 cm³/mol. The van der Waals surface area contributed by atoms with E-state index in [0.29, 0.717) is 15.6 Å². The van der Waals surface area contributed by atoms with E-state index in [-0.39, 0.29) is 5.75 Å². The quantitative estimate of drug-likeness (QED) is 0.461. The second-order valence-corrected chi connectivity index (χ2v) is 2.49. The molecule has 0 spiro atoms. The maximum atomic E-state index is 11.1. The van der Waals surface area contributed by atoms with E-state index in [0.717, 1.165) is 0 Å². The lowest BCUT2D eigenvalue weighted by atomic mass is 10.2. The number of fused-ring (bicyclic) bond motifs is 1. The van der Waals surface area contributed by atoms with Gasteiger partial charge in [-0.2, -0.15) is 4.73 Å². The Bertz CT molecular complexity index is 426. The summed E-state index contributed by atoms with van der Waals surface area (Å²) in [7, 11) is 0. The third-order valence-corrected chi connectivity index (χ3v) is 1.66. The lowest BCUT2D eigenvalue weighted by Gasteiger charge is -1.99. The van der Waals surface area contributed by atoms with E-state index >= 15 is 0 Å². The molecular formula is C9H6NO2. The van der Waals surface area contributed by atoms with Crippen molar-refractivity contribution < 1.29 is 9.84 Å². The second-order valence-electron chi connectivity index (χ2n) is 2.49. The Balaban J connectivity index is 2.89. The van der Waals surface area contributed by atoms with Gasteiger partial charge in [-0.25, -0.2) is 0 Å². The standard InChI is InChI=1S/C9H6NO2/c11-8-5-7-3-1-2-4-9(7)10(12)6-8/h1-5,11H. The summed E-state index contributed by atoms with van der Waals surface area (Å²) in [5, 5.41) is 20.8. The first kappa shape index (κ1) is 6.91. The molecule has 0 bridgehead atoms. The molecule has 0 fully saturated rings. The third kappa shape index (κ3) is 0.955. The number of aromatic nitrogens is 1. The van der Waals surface area contributed by atoms with Gasteiger partial charge in [0.2, 0.25) is 5.52 Å². The second kappa shape index (κ2) is 2.37. The van der Waals surface area contributed by atoms with Crippen LogP contribution in [0, 0.1) is 11.4 Å². The van der Waals surface area contributed by atoms with Gasteiger partial charge >= 0.3 is 6.20 Å². The van der Waals surface area contributed by atoms with Crippen molar-refractivity contribution in [3.63, 3.8) is 0 Å². The van der Waals surface area contributed by atoms with Crippen LogP contribution in [-0.2, 0) is 0 Å². The van der Waals surface area contributed by atoms with Crippen LogP contribution in [-0.4, -0.2) is 5.11 Å². The molecule has 1 heterocycles. The molecule has 2 aromatic rings. The van der Waals surface area contributed by atoms with Crippen molar-refractivity contribution in [1.82, 2.24) is 0 Å². The molecule has 0 saturated carbocycles. The molecule has 3 heteroatoms. The van der Waals surface area contributed by atoms with E-state index in [1.807, 2.05) is 6.07 Å². The van der Waals surface area contributed by atoms with Gasteiger partial charge in [0.05, 0.1) is 5.39 Å². The fourth-order valence-electron chi connectivity index (χ4n) is 1.14. The minimum absolute atomic E-state index is 0.135. The Kier molecular flexibility index (Phi) is 1.37. The van der Waals surface area contributed by atoms with Crippen LogP contribution in [0.1, 0.15) is 0 Å². The van der Waals surface area contributed by atoms with E-state index in [1.165, 1.54) is 6.07 Å². The summed E-state index contributed by atoms with van der Waals surface area (Å²) in [6.45, 7) is 0. The molecule has 2 rings (SSSR count). The van der Waals surface area contributed by atoms with Gasteiger partial charge in [-0.1, -0.05) is 12.1 Å². The Hall–Kier alpha value is -1.77. The van der Waals surface area contributed by atoms with E-state index in [4.69, 9.17) is 5.11 Å². The molecule has 0 saturated heterocycles. The van der Waals surface area contributed by atoms with Crippen LogP contribution in [0.15, 0.2) is 30.3 Å². The highest BCUT2D eigenvalue weighted by atomic mass is 16.5. The van der Waals surface area contributed by atoms with Gasteiger partial charge in [0.1, 0.15) is 0 Å².